The summed E-state index contributed by atoms with van der Waals surface area (Å²) in [4.78, 5) is 0. The van der Waals surface area contributed by atoms with E-state index in [1.54, 1.807) is 11.4 Å². The molecule has 6 heteroatoms. The molecule has 1 aromatic heterocycles. The molecule has 5 rings (SSSR count). The quantitative estimate of drug-likeness (QED) is 0.901. The maximum absolute atomic E-state index is 12.6. The SMILES string of the molecule is Nc1csc(S(=O)(=O)NC23CC4CC(CC(C4)C2)C3)c1. The number of rotatable bonds is 3. The maximum atomic E-state index is 12.6. The van der Waals surface area contributed by atoms with Crippen LogP contribution in [0.25, 0.3) is 0 Å². The van der Waals surface area contributed by atoms with Gasteiger partial charge in [0.25, 0.3) is 10.0 Å². The average Bonchev–Trinajstić information content (AvgIpc) is 2.73. The van der Waals surface area contributed by atoms with Crippen LogP contribution in [0, 0.1) is 17.8 Å². The van der Waals surface area contributed by atoms with Gasteiger partial charge in [0, 0.05) is 16.6 Å². The van der Waals surface area contributed by atoms with E-state index < -0.39 is 10.0 Å². The number of anilines is 1. The summed E-state index contributed by atoms with van der Waals surface area (Å²) in [6.07, 6.45) is 7.02. The Balaban J connectivity index is 1.62. The topological polar surface area (TPSA) is 72.2 Å². The van der Waals surface area contributed by atoms with Gasteiger partial charge in [0.2, 0.25) is 0 Å². The Morgan fingerprint density at radius 1 is 1.15 bits per heavy atom. The third-order valence-electron chi connectivity index (χ3n) is 5.25. The van der Waals surface area contributed by atoms with E-state index in [0.29, 0.717) is 9.90 Å². The Kier molecular flexibility index (Phi) is 2.76. The van der Waals surface area contributed by atoms with Crippen LogP contribution in [-0.4, -0.2) is 14.0 Å². The molecule has 0 spiro atoms. The highest BCUT2D eigenvalue weighted by atomic mass is 32.2. The van der Waals surface area contributed by atoms with Crippen molar-refractivity contribution >= 4 is 27.0 Å². The van der Waals surface area contributed by atoms with E-state index in [9.17, 15) is 8.42 Å². The third kappa shape index (κ3) is 2.09. The van der Waals surface area contributed by atoms with Gasteiger partial charge < -0.3 is 5.73 Å². The van der Waals surface area contributed by atoms with Crippen LogP contribution in [0.5, 0.6) is 0 Å². The van der Waals surface area contributed by atoms with Gasteiger partial charge in [0.15, 0.2) is 0 Å². The van der Waals surface area contributed by atoms with E-state index in [0.717, 1.165) is 37.0 Å². The number of hydrogen-bond acceptors (Lipinski definition) is 4. The summed E-state index contributed by atoms with van der Waals surface area (Å²) < 4.78 is 28.6. The lowest BCUT2D eigenvalue weighted by Gasteiger charge is -2.56. The van der Waals surface area contributed by atoms with Crippen molar-refractivity contribution in [3.8, 4) is 0 Å². The summed E-state index contributed by atoms with van der Waals surface area (Å²) in [6.45, 7) is 0. The molecule has 4 fully saturated rings. The van der Waals surface area contributed by atoms with E-state index in [1.807, 2.05) is 0 Å². The molecule has 1 aromatic rings. The second-order valence-electron chi connectivity index (χ2n) is 7.00. The van der Waals surface area contributed by atoms with E-state index in [4.69, 9.17) is 5.73 Å². The minimum absolute atomic E-state index is 0.174. The highest BCUT2D eigenvalue weighted by Crippen LogP contribution is 2.56. The Morgan fingerprint density at radius 3 is 2.15 bits per heavy atom. The Bertz CT molecular complexity index is 600. The Morgan fingerprint density at radius 2 is 1.70 bits per heavy atom. The summed E-state index contributed by atoms with van der Waals surface area (Å²) in [5.41, 5.74) is 6.01. The number of sulfonamides is 1. The van der Waals surface area contributed by atoms with Gasteiger partial charge in [-0.15, -0.1) is 11.3 Å². The molecular formula is C14H20N2O2S2. The van der Waals surface area contributed by atoms with Gasteiger partial charge in [-0.3, -0.25) is 0 Å². The van der Waals surface area contributed by atoms with Crippen molar-refractivity contribution in [3.63, 3.8) is 0 Å². The Labute approximate surface area is 123 Å². The molecule has 110 valence electrons. The van der Waals surface area contributed by atoms with Gasteiger partial charge >= 0.3 is 0 Å². The van der Waals surface area contributed by atoms with Gasteiger partial charge in [0.1, 0.15) is 4.21 Å². The third-order valence-corrected chi connectivity index (χ3v) is 8.29. The van der Waals surface area contributed by atoms with Crippen molar-refractivity contribution in [1.29, 1.82) is 0 Å². The molecule has 1 heterocycles. The zero-order valence-corrected chi connectivity index (χ0v) is 13.0. The lowest BCUT2D eigenvalue weighted by Crippen LogP contribution is -2.59. The lowest BCUT2D eigenvalue weighted by atomic mass is 9.53. The van der Waals surface area contributed by atoms with Crippen molar-refractivity contribution in [2.45, 2.75) is 48.3 Å². The summed E-state index contributed by atoms with van der Waals surface area (Å²) in [5.74, 6) is 2.20. The summed E-state index contributed by atoms with van der Waals surface area (Å²) in [5, 5.41) is 1.69. The molecule has 0 unspecified atom stereocenters. The fraction of sp³-hybridized carbons (Fsp3) is 0.714. The molecule has 0 radical (unpaired) electrons. The van der Waals surface area contributed by atoms with E-state index in [1.165, 1.54) is 30.6 Å². The van der Waals surface area contributed by atoms with Crippen LogP contribution in [0.4, 0.5) is 5.69 Å². The first kappa shape index (κ1) is 13.1. The van der Waals surface area contributed by atoms with Gasteiger partial charge in [0.05, 0.1) is 0 Å². The highest BCUT2D eigenvalue weighted by molar-refractivity contribution is 7.91. The van der Waals surface area contributed by atoms with Crippen LogP contribution in [0.3, 0.4) is 0 Å². The molecule has 0 aliphatic heterocycles. The van der Waals surface area contributed by atoms with Crippen molar-refractivity contribution in [1.82, 2.24) is 4.72 Å². The molecule has 4 bridgehead atoms. The van der Waals surface area contributed by atoms with Crippen LogP contribution in [0.15, 0.2) is 15.7 Å². The predicted octanol–water partition coefficient (Wildman–Crippen LogP) is 2.58. The summed E-state index contributed by atoms with van der Waals surface area (Å²) >= 11 is 1.21. The van der Waals surface area contributed by atoms with E-state index in [-0.39, 0.29) is 5.54 Å². The molecule has 20 heavy (non-hydrogen) atoms. The second-order valence-corrected chi connectivity index (χ2v) is 9.82. The smallest absolute Gasteiger partial charge is 0.250 e. The number of thiophene rings is 1. The molecular weight excluding hydrogens is 292 g/mol. The van der Waals surface area contributed by atoms with Gasteiger partial charge in [-0.1, -0.05) is 0 Å². The van der Waals surface area contributed by atoms with Gasteiger partial charge in [-0.05, 0) is 62.3 Å². The number of nitrogens with two attached hydrogens (primary N) is 1. The molecule has 0 aromatic carbocycles. The maximum Gasteiger partial charge on any atom is 0.250 e. The largest absolute Gasteiger partial charge is 0.398 e. The zero-order chi connectivity index (χ0) is 14.0. The van der Waals surface area contributed by atoms with Crippen LogP contribution in [0.1, 0.15) is 38.5 Å². The fourth-order valence-corrected chi connectivity index (χ4v) is 7.55. The molecule has 4 nitrogen and oxygen atoms in total. The van der Waals surface area contributed by atoms with E-state index in [2.05, 4.69) is 4.72 Å². The van der Waals surface area contributed by atoms with Crippen LogP contribution in [-0.2, 0) is 10.0 Å². The van der Waals surface area contributed by atoms with Crippen molar-refractivity contribution < 1.29 is 8.42 Å². The molecule has 4 saturated carbocycles. The fourth-order valence-electron chi connectivity index (χ4n) is 5.04. The number of nitrogens with one attached hydrogen (secondary N) is 1. The monoisotopic (exact) mass is 312 g/mol. The predicted molar refractivity (Wildman–Crippen MR) is 80.0 cm³/mol. The molecule has 4 aliphatic carbocycles. The molecule has 0 atom stereocenters. The van der Waals surface area contributed by atoms with Gasteiger partial charge in [-0.25, -0.2) is 13.1 Å². The van der Waals surface area contributed by atoms with Crippen LogP contribution in [0.2, 0.25) is 0 Å². The molecule has 4 aliphatic rings. The molecule has 0 saturated heterocycles. The first-order valence-electron chi connectivity index (χ1n) is 7.32. The summed E-state index contributed by atoms with van der Waals surface area (Å²) in [7, 11) is -3.41. The second kappa shape index (κ2) is 4.21. The highest BCUT2D eigenvalue weighted by Gasteiger charge is 2.52. The normalized spacial score (nSPS) is 39.3. The number of nitrogen functional groups attached to an aromatic ring is 1. The van der Waals surface area contributed by atoms with Crippen LogP contribution >= 0.6 is 11.3 Å². The van der Waals surface area contributed by atoms with Crippen molar-refractivity contribution in [2.24, 2.45) is 17.8 Å². The molecule has 0 amide bonds. The van der Waals surface area contributed by atoms with Gasteiger partial charge in [-0.2, -0.15) is 0 Å². The Hall–Kier alpha value is -0.590. The zero-order valence-electron chi connectivity index (χ0n) is 11.3. The minimum atomic E-state index is -3.41. The number of hydrogen-bond donors (Lipinski definition) is 2. The van der Waals surface area contributed by atoms with Crippen molar-refractivity contribution in [2.75, 3.05) is 5.73 Å². The minimum Gasteiger partial charge on any atom is -0.398 e. The first-order valence-corrected chi connectivity index (χ1v) is 9.68. The summed E-state index contributed by atoms with van der Waals surface area (Å²) in [6, 6.07) is 1.56. The first-order chi connectivity index (χ1) is 9.44. The van der Waals surface area contributed by atoms with Crippen LogP contribution < -0.4 is 10.5 Å². The standard InChI is InChI=1S/C14H20N2O2S2/c15-12-4-13(19-8-12)20(17,18)16-14-5-9-1-10(6-14)3-11(2-9)7-14/h4,8-11,16H,1-3,5-7,15H2. The lowest BCUT2D eigenvalue weighted by molar-refractivity contribution is -0.00807. The van der Waals surface area contributed by atoms with Crippen molar-refractivity contribution in [3.05, 3.63) is 11.4 Å². The average molecular weight is 312 g/mol. The van der Waals surface area contributed by atoms with E-state index >= 15 is 0 Å². The molecule has 3 N–H and O–H groups in total.